The molecule has 0 aliphatic carbocycles. The van der Waals surface area contributed by atoms with Crippen LogP contribution < -0.4 is 9.62 Å². The molecule has 1 atom stereocenters. The molecule has 0 amide bonds. The molecule has 0 fully saturated rings. The van der Waals surface area contributed by atoms with E-state index >= 15 is 0 Å². The zero-order chi connectivity index (χ0) is 21.6. The van der Waals surface area contributed by atoms with Gasteiger partial charge in [-0.2, -0.15) is 0 Å². The topological polar surface area (TPSA) is 119 Å². The number of pyridine rings is 1. The average Bonchev–Trinajstić information content (AvgIpc) is 3.07. The first-order valence-corrected chi connectivity index (χ1v) is 11.6. The quantitative estimate of drug-likeness (QED) is 0.658. The Labute approximate surface area is 175 Å². The molecule has 0 spiro atoms. The van der Waals surface area contributed by atoms with Gasteiger partial charge in [-0.25, -0.2) is 18.4 Å². The van der Waals surface area contributed by atoms with E-state index < -0.39 is 10.0 Å². The predicted molar refractivity (Wildman–Crippen MR) is 114 cm³/mol. The number of sulfonamides is 1. The molecule has 1 aliphatic rings. The van der Waals surface area contributed by atoms with E-state index in [0.29, 0.717) is 17.1 Å². The van der Waals surface area contributed by atoms with E-state index in [1.54, 1.807) is 18.5 Å². The van der Waals surface area contributed by atoms with Gasteiger partial charge in [-0.3, -0.25) is 14.3 Å². The minimum Gasteiger partial charge on any atom is -0.342 e. The highest BCUT2D eigenvalue weighted by molar-refractivity contribution is 7.92. The molecule has 4 rings (SSSR count). The zero-order valence-electron chi connectivity index (χ0n) is 17.5. The van der Waals surface area contributed by atoms with Crippen molar-refractivity contribution in [2.45, 2.75) is 46.2 Å². The summed E-state index contributed by atoms with van der Waals surface area (Å²) in [4.78, 5) is 15.7. The SMILES string of the molecule is CC[C@@H]1c2nnc(C)n2-c2cnc(-c3ccncc3NS(C)(=O)=O)nc2N1C(C)C. The summed E-state index contributed by atoms with van der Waals surface area (Å²) < 4.78 is 28.0. The molecule has 158 valence electrons. The first-order chi connectivity index (χ1) is 14.2. The van der Waals surface area contributed by atoms with E-state index in [2.05, 4.69) is 50.6 Å². The van der Waals surface area contributed by atoms with Gasteiger partial charge in [-0.1, -0.05) is 6.92 Å². The lowest BCUT2D eigenvalue weighted by molar-refractivity contribution is 0.496. The first kappa shape index (κ1) is 20.2. The fourth-order valence-corrected chi connectivity index (χ4v) is 4.42. The highest BCUT2D eigenvalue weighted by atomic mass is 32.2. The maximum Gasteiger partial charge on any atom is 0.229 e. The van der Waals surface area contributed by atoms with Gasteiger partial charge in [0, 0.05) is 17.8 Å². The Balaban J connectivity index is 1.92. The second kappa shape index (κ2) is 7.31. The number of fused-ring (bicyclic) bond motifs is 3. The Morgan fingerprint density at radius 3 is 2.67 bits per heavy atom. The van der Waals surface area contributed by atoms with Gasteiger partial charge < -0.3 is 4.90 Å². The van der Waals surface area contributed by atoms with Gasteiger partial charge in [0.2, 0.25) is 10.0 Å². The monoisotopic (exact) mass is 428 g/mol. The second-order valence-corrected chi connectivity index (χ2v) is 9.31. The van der Waals surface area contributed by atoms with Crippen LogP contribution in [0.25, 0.3) is 17.1 Å². The highest BCUT2D eigenvalue weighted by Crippen LogP contribution is 2.41. The standard InChI is InChI=1S/C19H24N8O2S/c1-6-15-19-24-23-12(4)27(19)16-10-21-17(22-18(16)26(15)11(2)3)13-7-8-20-9-14(13)25-30(5,28)29/h7-11,15,25H,6H2,1-5H3/t15-/m1/s1. The third-order valence-corrected chi connectivity index (χ3v) is 5.61. The molecule has 0 saturated heterocycles. The van der Waals surface area contributed by atoms with Crippen LogP contribution in [0.15, 0.2) is 24.7 Å². The Bertz CT molecular complexity index is 1200. The van der Waals surface area contributed by atoms with Gasteiger partial charge in [0.05, 0.1) is 30.4 Å². The normalized spacial score (nSPS) is 15.8. The average molecular weight is 429 g/mol. The van der Waals surface area contributed by atoms with Gasteiger partial charge in [0.15, 0.2) is 17.5 Å². The Morgan fingerprint density at radius 2 is 2.00 bits per heavy atom. The fourth-order valence-electron chi connectivity index (χ4n) is 3.86. The molecule has 11 heteroatoms. The smallest absolute Gasteiger partial charge is 0.229 e. The lowest BCUT2D eigenvalue weighted by Crippen LogP contribution is -2.40. The van der Waals surface area contributed by atoms with Crippen molar-refractivity contribution < 1.29 is 8.42 Å². The Kier molecular flexibility index (Phi) is 4.92. The van der Waals surface area contributed by atoms with E-state index in [9.17, 15) is 8.42 Å². The summed E-state index contributed by atoms with van der Waals surface area (Å²) >= 11 is 0. The van der Waals surface area contributed by atoms with Crippen LogP contribution in [-0.4, -0.2) is 50.4 Å². The summed E-state index contributed by atoms with van der Waals surface area (Å²) in [5, 5.41) is 8.68. The van der Waals surface area contributed by atoms with Crippen LogP contribution in [0.4, 0.5) is 11.5 Å². The van der Waals surface area contributed by atoms with E-state index in [4.69, 9.17) is 4.98 Å². The molecule has 1 N–H and O–H groups in total. The van der Waals surface area contributed by atoms with Crippen molar-refractivity contribution in [1.82, 2.24) is 29.7 Å². The molecule has 1 aliphatic heterocycles. The summed E-state index contributed by atoms with van der Waals surface area (Å²) in [5.41, 5.74) is 1.70. The number of hydrogen-bond donors (Lipinski definition) is 1. The molecule has 4 heterocycles. The van der Waals surface area contributed by atoms with Crippen LogP contribution in [0.1, 0.15) is 44.9 Å². The van der Waals surface area contributed by atoms with Crippen molar-refractivity contribution in [3.05, 3.63) is 36.3 Å². The van der Waals surface area contributed by atoms with E-state index in [1.807, 2.05) is 11.5 Å². The maximum absolute atomic E-state index is 11.8. The molecule has 0 saturated carbocycles. The van der Waals surface area contributed by atoms with Crippen molar-refractivity contribution in [3.63, 3.8) is 0 Å². The number of aromatic nitrogens is 6. The third-order valence-electron chi connectivity index (χ3n) is 5.02. The van der Waals surface area contributed by atoms with Crippen molar-refractivity contribution in [2.75, 3.05) is 15.9 Å². The Morgan fingerprint density at radius 1 is 1.23 bits per heavy atom. The van der Waals surface area contributed by atoms with Gasteiger partial charge in [-0.05, 0) is 33.3 Å². The van der Waals surface area contributed by atoms with Crippen molar-refractivity contribution >= 4 is 21.5 Å². The maximum atomic E-state index is 11.8. The largest absolute Gasteiger partial charge is 0.342 e. The molecule has 0 radical (unpaired) electrons. The Hall–Kier alpha value is -3.08. The van der Waals surface area contributed by atoms with Gasteiger partial charge in [0.1, 0.15) is 11.5 Å². The number of hydrogen-bond acceptors (Lipinski definition) is 8. The summed E-state index contributed by atoms with van der Waals surface area (Å²) in [5.74, 6) is 2.82. The van der Waals surface area contributed by atoms with Crippen LogP contribution in [0.2, 0.25) is 0 Å². The van der Waals surface area contributed by atoms with Crippen LogP contribution in [-0.2, 0) is 10.0 Å². The number of anilines is 2. The molecular formula is C19H24N8O2S. The van der Waals surface area contributed by atoms with Gasteiger partial charge in [-0.15, -0.1) is 10.2 Å². The second-order valence-electron chi connectivity index (χ2n) is 7.56. The molecular weight excluding hydrogens is 404 g/mol. The third kappa shape index (κ3) is 3.38. The minimum absolute atomic E-state index is 0.0208. The lowest BCUT2D eigenvalue weighted by atomic mass is 10.1. The summed E-state index contributed by atoms with van der Waals surface area (Å²) in [6.45, 7) is 8.23. The first-order valence-electron chi connectivity index (χ1n) is 9.71. The van der Waals surface area contributed by atoms with Crippen LogP contribution in [0.5, 0.6) is 0 Å². The molecule has 30 heavy (non-hydrogen) atoms. The summed E-state index contributed by atoms with van der Waals surface area (Å²) in [6, 6.07) is 1.88. The van der Waals surface area contributed by atoms with Gasteiger partial charge in [0.25, 0.3) is 0 Å². The summed E-state index contributed by atoms with van der Waals surface area (Å²) in [7, 11) is -3.48. The number of aryl methyl sites for hydroxylation is 1. The van der Waals surface area contributed by atoms with Crippen molar-refractivity contribution in [3.8, 4) is 17.1 Å². The van der Waals surface area contributed by atoms with Crippen LogP contribution >= 0.6 is 0 Å². The highest BCUT2D eigenvalue weighted by Gasteiger charge is 2.36. The number of nitrogens with one attached hydrogen (secondary N) is 1. The number of rotatable bonds is 5. The molecule has 3 aromatic rings. The van der Waals surface area contributed by atoms with Crippen LogP contribution in [0, 0.1) is 6.92 Å². The molecule has 0 unspecified atom stereocenters. The lowest BCUT2D eigenvalue weighted by Gasteiger charge is -2.39. The predicted octanol–water partition coefficient (Wildman–Crippen LogP) is 2.48. The summed E-state index contributed by atoms with van der Waals surface area (Å²) in [6.07, 6.45) is 6.72. The van der Waals surface area contributed by atoms with Gasteiger partial charge >= 0.3 is 0 Å². The number of nitrogens with zero attached hydrogens (tertiary/aromatic N) is 7. The fraction of sp³-hybridized carbons (Fsp3) is 0.421. The molecule has 3 aromatic heterocycles. The van der Waals surface area contributed by atoms with E-state index in [-0.39, 0.29) is 12.1 Å². The molecule has 0 aromatic carbocycles. The minimum atomic E-state index is -3.48. The van der Waals surface area contributed by atoms with Crippen molar-refractivity contribution in [1.29, 1.82) is 0 Å². The van der Waals surface area contributed by atoms with E-state index in [1.165, 1.54) is 6.20 Å². The molecule has 0 bridgehead atoms. The zero-order valence-corrected chi connectivity index (χ0v) is 18.3. The molecule has 10 nitrogen and oxygen atoms in total. The van der Waals surface area contributed by atoms with Crippen LogP contribution in [0.3, 0.4) is 0 Å². The van der Waals surface area contributed by atoms with E-state index in [0.717, 1.165) is 35.8 Å². The van der Waals surface area contributed by atoms with Crippen molar-refractivity contribution in [2.24, 2.45) is 0 Å².